The average molecular weight is 311 g/mol. The first-order valence-corrected chi connectivity index (χ1v) is 6.73. The van der Waals surface area contributed by atoms with Crippen LogP contribution in [0.4, 0.5) is 4.39 Å². The smallest absolute Gasteiger partial charge is 0.131 e. The van der Waals surface area contributed by atoms with Gasteiger partial charge in [0, 0.05) is 12.1 Å². The van der Waals surface area contributed by atoms with Crippen molar-refractivity contribution in [1.29, 1.82) is 0 Å². The van der Waals surface area contributed by atoms with Crippen molar-refractivity contribution in [1.82, 2.24) is 0 Å². The van der Waals surface area contributed by atoms with Crippen LogP contribution in [0.15, 0.2) is 36.4 Å². The summed E-state index contributed by atoms with van der Waals surface area (Å²) in [5.41, 5.74) is 1.26. The third-order valence-corrected chi connectivity index (χ3v) is 3.62. The topological polar surface area (TPSA) is 27.7 Å². The van der Waals surface area contributed by atoms with E-state index in [0.29, 0.717) is 28.4 Å². The molecule has 0 saturated carbocycles. The average Bonchev–Trinajstić information content (AvgIpc) is 2.52. The van der Waals surface area contributed by atoms with Gasteiger partial charge in [0.05, 0.1) is 32.3 Å². The Bertz CT molecular complexity index is 606. The molecule has 0 aliphatic rings. The summed E-state index contributed by atoms with van der Waals surface area (Å²) in [6.07, 6.45) is 0. The van der Waals surface area contributed by atoms with Crippen molar-refractivity contribution in [2.75, 3.05) is 21.3 Å². The van der Waals surface area contributed by atoms with Crippen molar-refractivity contribution in [3.05, 3.63) is 53.3 Å². The van der Waals surface area contributed by atoms with Gasteiger partial charge in [0.15, 0.2) is 0 Å². The molecule has 5 heteroatoms. The molecule has 0 bridgehead atoms. The summed E-state index contributed by atoms with van der Waals surface area (Å²) in [5.74, 6) is 1.30. The molecule has 2 aromatic carbocycles. The van der Waals surface area contributed by atoms with E-state index in [0.717, 1.165) is 0 Å². The molecule has 112 valence electrons. The molecule has 1 unspecified atom stereocenters. The van der Waals surface area contributed by atoms with Gasteiger partial charge in [0.1, 0.15) is 23.1 Å². The monoisotopic (exact) mass is 310 g/mol. The minimum atomic E-state index is -0.600. The lowest BCUT2D eigenvalue weighted by atomic mass is 10.0. The van der Waals surface area contributed by atoms with E-state index in [1.807, 2.05) is 0 Å². The molecule has 2 rings (SSSR count). The summed E-state index contributed by atoms with van der Waals surface area (Å²) in [5, 5.41) is -0.600. The lowest BCUT2D eigenvalue weighted by Gasteiger charge is -2.19. The number of alkyl halides is 1. The highest BCUT2D eigenvalue weighted by atomic mass is 35.5. The van der Waals surface area contributed by atoms with Crippen LogP contribution in [-0.2, 0) is 0 Å². The van der Waals surface area contributed by atoms with Gasteiger partial charge in [-0.25, -0.2) is 4.39 Å². The SMILES string of the molecule is COc1cc(OC)c(C(Cl)c2cccc(F)c2)c(OC)c1. The molecule has 1 atom stereocenters. The fourth-order valence-electron chi connectivity index (χ4n) is 2.11. The quantitative estimate of drug-likeness (QED) is 0.775. The number of benzene rings is 2. The van der Waals surface area contributed by atoms with Gasteiger partial charge >= 0.3 is 0 Å². The second-order valence-corrected chi connectivity index (χ2v) is 4.80. The molecule has 2 aromatic rings. The highest BCUT2D eigenvalue weighted by molar-refractivity contribution is 6.23. The van der Waals surface area contributed by atoms with Crippen molar-refractivity contribution >= 4 is 11.6 Å². The van der Waals surface area contributed by atoms with E-state index in [4.69, 9.17) is 25.8 Å². The van der Waals surface area contributed by atoms with Gasteiger partial charge in [0.25, 0.3) is 0 Å². The molecule has 0 aliphatic carbocycles. The van der Waals surface area contributed by atoms with E-state index < -0.39 is 5.38 Å². The molecule has 0 aromatic heterocycles. The van der Waals surface area contributed by atoms with Gasteiger partial charge in [-0.3, -0.25) is 0 Å². The molecule has 21 heavy (non-hydrogen) atoms. The van der Waals surface area contributed by atoms with Gasteiger partial charge in [-0.15, -0.1) is 11.6 Å². The number of halogens is 2. The summed E-state index contributed by atoms with van der Waals surface area (Å²) >= 11 is 6.50. The third kappa shape index (κ3) is 3.22. The number of rotatable bonds is 5. The third-order valence-electron chi connectivity index (χ3n) is 3.15. The zero-order valence-corrected chi connectivity index (χ0v) is 12.8. The van der Waals surface area contributed by atoms with Crippen LogP contribution >= 0.6 is 11.6 Å². The van der Waals surface area contributed by atoms with Gasteiger partial charge in [-0.2, -0.15) is 0 Å². The van der Waals surface area contributed by atoms with E-state index >= 15 is 0 Å². The Kier molecular flexibility index (Phi) is 4.91. The standard InChI is InChI=1S/C16H16ClFO3/c1-19-12-8-13(20-2)15(14(9-12)21-3)16(17)10-5-4-6-11(18)7-10/h4-9,16H,1-3H3. The summed E-state index contributed by atoms with van der Waals surface area (Å²) in [6.45, 7) is 0. The molecular formula is C16H16ClFO3. The first-order valence-electron chi connectivity index (χ1n) is 6.30. The maximum atomic E-state index is 13.4. The minimum absolute atomic E-state index is 0.343. The first kappa shape index (κ1) is 15.4. The predicted octanol–water partition coefficient (Wildman–Crippen LogP) is 4.18. The molecular weight excluding hydrogens is 295 g/mol. The number of methoxy groups -OCH3 is 3. The fourth-order valence-corrected chi connectivity index (χ4v) is 2.46. The Hall–Kier alpha value is -1.94. The Balaban J connectivity index is 2.55. The van der Waals surface area contributed by atoms with E-state index in [2.05, 4.69) is 0 Å². The summed E-state index contributed by atoms with van der Waals surface area (Å²) in [7, 11) is 4.62. The van der Waals surface area contributed by atoms with Crippen LogP contribution in [0.2, 0.25) is 0 Å². The van der Waals surface area contributed by atoms with Crippen LogP contribution in [0.5, 0.6) is 17.2 Å². The number of ether oxygens (including phenoxy) is 3. The van der Waals surface area contributed by atoms with E-state index in [1.165, 1.54) is 26.4 Å². The second-order valence-electron chi connectivity index (χ2n) is 4.36. The Morgan fingerprint density at radius 1 is 0.952 bits per heavy atom. The minimum Gasteiger partial charge on any atom is -0.496 e. The van der Waals surface area contributed by atoms with Gasteiger partial charge in [-0.1, -0.05) is 12.1 Å². The van der Waals surface area contributed by atoms with E-state index in [1.54, 1.807) is 31.4 Å². The molecule has 0 saturated heterocycles. The molecule has 0 aliphatic heterocycles. The fraction of sp³-hybridized carbons (Fsp3) is 0.250. The summed E-state index contributed by atoms with van der Waals surface area (Å²) in [4.78, 5) is 0. The zero-order valence-electron chi connectivity index (χ0n) is 12.0. The number of hydrogen-bond donors (Lipinski definition) is 0. The normalized spacial score (nSPS) is 11.9. The lowest BCUT2D eigenvalue weighted by Crippen LogP contribution is -2.02. The van der Waals surface area contributed by atoms with Crippen LogP contribution < -0.4 is 14.2 Å². The molecule has 0 heterocycles. The van der Waals surface area contributed by atoms with Crippen LogP contribution in [0.1, 0.15) is 16.5 Å². The molecule has 0 N–H and O–H groups in total. The van der Waals surface area contributed by atoms with Crippen molar-refractivity contribution in [3.8, 4) is 17.2 Å². The van der Waals surface area contributed by atoms with E-state index in [9.17, 15) is 4.39 Å². The van der Waals surface area contributed by atoms with Gasteiger partial charge in [0.2, 0.25) is 0 Å². The van der Waals surface area contributed by atoms with Crippen molar-refractivity contribution in [3.63, 3.8) is 0 Å². The zero-order chi connectivity index (χ0) is 15.4. The Morgan fingerprint density at radius 2 is 1.57 bits per heavy atom. The maximum absolute atomic E-state index is 13.4. The van der Waals surface area contributed by atoms with Crippen LogP contribution in [0, 0.1) is 5.82 Å². The highest BCUT2D eigenvalue weighted by Crippen LogP contribution is 2.43. The lowest BCUT2D eigenvalue weighted by molar-refractivity contribution is 0.369. The van der Waals surface area contributed by atoms with Crippen molar-refractivity contribution < 1.29 is 18.6 Å². The molecule has 0 amide bonds. The predicted molar refractivity (Wildman–Crippen MR) is 80.2 cm³/mol. The van der Waals surface area contributed by atoms with Crippen LogP contribution in [0.25, 0.3) is 0 Å². The first-order chi connectivity index (χ1) is 10.1. The van der Waals surface area contributed by atoms with Crippen LogP contribution in [-0.4, -0.2) is 21.3 Å². The summed E-state index contributed by atoms with van der Waals surface area (Å²) < 4.78 is 29.3. The highest BCUT2D eigenvalue weighted by Gasteiger charge is 2.22. The Labute approximate surface area is 128 Å². The second kappa shape index (κ2) is 6.68. The molecule has 0 radical (unpaired) electrons. The number of hydrogen-bond acceptors (Lipinski definition) is 3. The molecule has 0 spiro atoms. The molecule has 3 nitrogen and oxygen atoms in total. The molecule has 0 fully saturated rings. The Morgan fingerprint density at radius 3 is 2.05 bits per heavy atom. The van der Waals surface area contributed by atoms with Gasteiger partial charge in [-0.05, 0) is 17.7 Å². The summed E-state index contributed by atoms with van der Waals surface area (Å²) in [6, 6.07) is 9.56. The van der Waals surface area contributed by atoms with E-state index in [-0.39, 0.29) is 5.82 Å². The van der Waals surface area contributed by atoms with Crippen molar-refractivity contribution in [2.24, 2.45) is 0 Å². The van der Waals surface area contributed by atoms with Gasteiger partial charge < -0.3 is 14.2 Å². The largest absolute Gasteiger partial charge is 0.496 e. The van der Waals surface area contributed by atoms with Crippen molar-refractivity contribution in [2.45, 2.75) is 5.38 Å². The van der Waals surface area contributed by atoms with Crippen LogP contribution in [0.3, 0.4) is 0 Å². The maximum Gasteiger partial charge on any atom is 0.131 e.